The van der Waals surface area contributed by atoms with Gasteiger partial charge in [0, 0.05) is 32.9 Å². The van der Waals surface area contributed by atoms with Gasteiger partial charge in [-0.3, -0.25) is 14.5 Å². The van der Waals surface area contributed by atoms with E-state index in [-0.39, 0.29) is 5.56 Å². The Morgan fingerprint density at radius 3 is 3.08 bits per heavy atom. The largest absolute Gasteiger partial charge is 0.374 e. The first-order valence-corrected chi connectivity index (χ1v) is 8.10. The van der Waals surface area contributed by atoms with Crippen LogP contribution in [0.2, 0.25) is 0 Å². The van der Waals surface area contributed by atoms with Crippen LogP contribution in [0.25, 0.3) is 11.0 Å². The molecular formula is C17H20N6O. The van der Waals surface area contributed by atoms with Gasteiger partial charge in [0.05, 0.1) is 6.20 Å². The molecule has 0 spiro atoms. The Labute approximate surface area is 139 Å². The van der Waals surface area contributed by atoms with Crippen molar-refractivity contribution in [2.75, 3.05) is 23.8 Å². The number of aryl methyl sites for hydroxylation is 2. The van der Waals surface area contributed by atoms with E-state index in [1.165, 1.54) is 29.4 Å². The Kier molecular flexibility index (Phi) is 3.48. The van der Waals surface area contributed by atoms with Crippen molar-refractivity contribution in [3.8, 4) is 0 Å². The molecule has 2 aromatic heterocycles. The van der Waals surface area contributed by atoms with Crippen LogP contribution in [0.4, 0.5) is 11.6 Å². The van der Waals surface area contributed by atoms with E-state index < -0.39 is 0 Å². The highest BCUT2D eigenvalue weighted by atomic mass is 16.1. The Morgan fingerprint density at radius 1 is 1.33 bits per heavy atom. The summed E-state index contributed by atoms with van der Waals surface area (Å²) in [5.41, 5.74) is 4.27. The molecule has 2 N–H and O–H groups in total. The fraction of sp³-hybridized carbons (Fsp3) is 0.353. The third-order valence-electron chi connectivity index (χ3n) is 4.56. The third kappa shape index (κ3) is 2.51. The zero-order chi connectivity index (χ0) is 16.7. The lowest BCUT2D eigenvalue weighted by Gasteiger charge is -2.27. The van der Waals surface area contributed by atoms with Gasteiger partial charge < -0.3 is 10.2 Å². The average Bonchev–Trinajstić information content (AvgIpc) is 2.95. The lowest BCUT2D eigenvalue weighted by Crippen LogP contribution is -2.24. The monoisotopic (exact) mass is 324 g/mol. The summed E-state index contributed by atoms with van der Waals surface area (Å²) in [4.78, 5) is 21.6. The molecule has 124 valence electrons. The minimum absolute atomic E-state index is 0.178. The number of aromatic amines is 1. The van der Waals surface area contributed by atoms with E-state index >= 15 is 0 Å². The molecular weight excluding hydrogens is 304 g/mol. The van der Waals surface area contributed by atoms with Gasteiger partial charge in [-0.2, -0.15) is 10.1 Å². The Balaban J connectivity index is 1.57. The molecule has 1 aliphatic rings. The lowest BCUT2D eigenvalue weighted by atomic mass is 9.99. The molecule has 0 atom stereocenters. The average molecular weight is 324 g/mol. The second-order valence-corrected chi connectivity index (χ2v) is 6.26. The van der Waals surface area contributed by atoms with Gasteiger partial charge >= 0.3 is 0 Å². The van der Waals surface area contributed by atoms with Crippen LogP contribution in [0, 0.1) is 0 Å². The van der Waals surface area contributed by atoms with Crippen LogP contribution in [0.3, 0.4) is 0 Å². The summed E-state index contributed by atoms with van der Waals surface area (Å²) in [5.74, 6) is 0.464. The first kappa shape index (κ1) is 14.7. The van der Waals surface area contributed by atoms with Crippen LogP contribution in [0.15, 0.2) is 29.2 Å². The third-order valence-corrected chi connectivity index (χ3v) is 4.56. The fourth-order valence-corrected chi connectivity index (χ4v) is 3.25. The minimum atomic E-state index is -0.178. The molecule has 3 heterocycles. The maximum absolute atomic E-state index is 12.1. The molecule has 7 heteroatoms. The number of aromatic nitrogens is 4. The second kappa shape index (κ2) is 5.67. The SMILES string of the molecule is CN1CCCc2cc(CNc3nc4c(cnn4C)c(=O)[nH]3)ccc21. The van der Waals surface area contributed by atoms with Crippen molar-refractivity contribution in [2.45, 2.75) is 19.4 Å². The topological polar surface area (TPSA) is 78.8 Å². The first-order chi connectivity index (χ1) is 11.6. The quantitative estimate of drug-likeness (QED) is 0.766. The number of nitrogens with zero attached hydrogens (tertiary/aromatic N) is 4. The normalized spacial score (nSPS) is 14.0. The molecule has 1 aliphatic heterocycles. The van der Waals surface area contributed by atoms with Crippen molar-refractivity contribution < 1.29 is 0 Å². The van der Waals surface area contributed by atoms with E-state index in [0.717, 1.165) is 13.0 Å². The number of anilines is 2. The van der Waals surface area contributed by atoms with Crippen LogP contribution in [0.1, 0.15) is 17.5 Å². The van der Waals surface area contributed by atoms with Gasteiger partial charge in [0.25, 0.3) is 5.56 Å². The highest BCUT2D eigenvalue weighted by Gasteiger charge is 2.14. The lowest BCUT2D eigenvalue weighted by molar-refractivity contribution is 0.743. The molecule has 24 heavy (non-hydrogen) atoms. The maximum atomic E-state index is 12.1. The van der Waals surface area contributed by atoms with E-state index in [9.17, 15) is 4.79 Å². The second-order valence-electron chi connectivity index (χ2n) is 6.26. The number of H-pyrrole nitrogens is 1. The smallest absolute Gasteiger partial charge is 0.263 e. The Morgan fingerprint density at radius 2 is 2.21 bits per heavy atom. The van der Waals surface area contributed by atoms with Crippen LogP contribution in [-0.2, 0) is 20.0 Å². The molecule has 3 aromatic rings. The van der Waals surface area contributed by atoms with E-state index in [1.807, 2.05) is 0 Å². The molecule has 0 fully saturated rings. The maximum Gasteiger partial charge on any atom is 0.263 e. The van der Waals surface area contributed by atoms with E-state index in [4.69, 9.17) is 0 Å². The summed E-state index contributed by atoms with van der Waals surface area (Å²) in [6.07, 6.45) is 3.83. The van der Waals surface area contributed by atoms with Gasteiger partial charge in [0.2, 0.25) is 5.95 Å². The fourth-order valence-electron chi connectivity index (χ4n) is 3.25. The van der Waals surface area contributed by atoms with Crippen molar-refractivity contribution in [1.29, 1.82) is 0 Å². The first-order valence-electron chi connectivity index (χ1n) is 8.10. The van der Waals surface area contributed by atoms with Gasteiger partial charge in [-0.05, 0) is 30.0 Å². The van der Waals surface area contributed by atoms with Crippen molar-refractivity contribution >= 4 is 22.7 Å². The Bertz CT molecular complexity index is 957. The zero-order valence-electron chi connectivity index (χ0n) is 13.8. The van der Waals surface area contributed by atoms with Gasteiger partial charge in [-0.15, -0.1) is 0 Å². The molecule has 0 radical (unpaired) electrons. The van der Waals surface area contributed by atoms with Crippen molar-refractivity contribution in [1.82, 2.24) is 19.7 Å². The summed E-state index contributed by atoms with van der Waals surface area (Å²) < 4.78 is 1.60. The molecule has 0 amide bonds. The predicted molar refractivity (Wildman–Crippen MR) is 94.5 cm³/mol. The summed E-state index contributed by atoms with van der Waals surface area (Å²) >= 11 is 0. The van der Waals surface area contributed by atoms with Crippen LogP contribution in [-0.4, -0.2) is 33.3 Å². The number of hydrogen-bond acceptors (Lipinski definition) is 5. The van der Waals surface area contributed by atoms with Crippen LogP contribution in [0.5, 0.6) is 0 Å². The number of hydrogen-bond donors (Lipinski definition) is 2. The molecule has 1 aromatic carbocycles. The molecule has 0 unspecified atom stereocenters. The van der Waals surface area contributed by atoms with E-state index in [1.54, 1.807) is 11.7 Å². The van der Waals surface area contributed by atoms with Crippen LogP contribution >= 0.6 is 0 Å². The van der Waals surface area contributed by atoms with Crippen molar-refractivity contribution in [3.63, 3.8) is 0 Å². The summed E-state index contributed by atoms with van der Waals surface area (Å²) in [6.45, 7) is 1.73. The number of nitrogens with one attached hydrogen (secondary N) is 2. The highest BCUT2D eigenvalue weighted by Crippen LogP contribution is 2.26. The molecule has 0 saturated carbocycles. The highest BCUT2D eigenvalue weighted by molar-refractivity contribution is 5.74. The van der Waals surface area contributed by atoms with E-state index in [2.05, 4.69) is 50.5 Å². The molecule has 4 rings (SSSR count). The number of rotatable bonds is 3. The predicted octanol–water partition coefficient (Wildman–Crippen LogP) is 1.65. The van der Waals surface area contributed by atoms with E-state index in [0.29, 0.717) is 23.5 Å². The van der Waals surface area contributed by atoms with Gasteiger partial charge in [-0.25, -0.2) is 0 Å². The van der Waals surface area contributed by atoms with Crippen LogP contribution < -0.4 is 15.8 Å². The van der Waals surface area contributed by atoms with Crippen molar-refractivity contribution in [3.05, 3.63) is 45.9 Å². The zero-order valence-corrected chi connectivity index (χ0v) is 13.8. The molecule has 0 bridgehead atoms. The molecule has 7 nitrogen and oxygen atoms in total. The summed E-state index contributed by atoms with van der Waals surface area (Å²) in [6, 6.07) is 6.53. The minimum Gasteiger partial charge on any atom is -0.374 e. The number of benzene rings is 1. The van der Waals surface area contributed by atoms with Gasteiger partial charge in [0.15, 0.2) is 5.65 Å². The van der Waals surface area contributed by atoms with Crippen molar-refractivity contribution in [2.24, 2.45) is 7.05 Å². The Hall–Kier alpha value is -2.83. The summed E-state index contributed by atoms with van der Waals surface area (Å²) in [7, 11) is 3.91. The van der Waals surface area contributed by atoms with Gasteiger partial charge in [-0.1, -0.05) is 12.1 Å². The molecule has 0 saturated heterocycles. The summed E-state index contributed by atoms with van der Waals surface area (Å²) in [5, 5.41) is 7.78. The number of fused-ring (bicyclic) bond motifs is 2. The standard InChI is InChI=1S/C17H20N6O/c1-22-7-3-4-12-8-11(5-6-14(12)22)9-18-17-20-15-13(16(24)21-17)10-19-23(15)2/h5-6,8,10H,3-4,7,9H2,1-2H3,(H2,18,20,21,24). The molecule has 0 aliphatic carbocycles. The van der Waals surface area contributed by atoms with Gasteiger partial charge in [0.1, 0.15) is 5.39 Å².